The van der Waals surface area contributed by atoms with E-state index in [0.717, 1.165) is 11.1 Å². The average molecular weight is 490 g/mol. The molecule has 3 aromatic rings. The number of anilines is 2. The number of amides is 1. The first-order chi connectivity index (χ1) is 17.0. The summed E-state index contributed by atoms with van der Waals surface area (Å²) < 4.78 is 17.4. The number of hydrogen-bond acceptors (Lipinski definition) is 7. The van der Waals surface area contributed by atoms with Crippen LogP contribution in [0.4, 0.5) is 11.6 Å². The highest BCUT2D eigenvalue weighted by Crippen LogP contribution is 2.41. The molecule has 2 aliphatic rings. The molecule has 1 unspecified atom stereocenters. The number of nitrogens with one attached hydrogen (secondary N) is 2. The summed E-state index contributed by atoms with van der Waals surface area (Å²) in [5.74, 6) is 0.889. The molecular formula is C26H27N5O3S. The zero-order valence-electron chi connectivity index (χ0n) is 19.5. The lowest BCUT2D eigenvalue weighted by molar-refractivity contribution is 0.0303. The molecule has 2 fully saturated rings. The number of carbonyl (C=O) groups excluding carboxylic acids is 1. The summed E-state index contributed by atoms with van der Waals surface area (Å²) in [6.07, 6.45) is 7.46. The summed E-state index contributed by atoms with van der Waals surface area (Å²) >= 11 is 0. The van der Waals surface area contributed by atoms with E-state index in [4.69, 9.17) is 10.1 Å². The standard InChI is InChI=1S/C26H27N5O3S/c1-35(33)24(27)22-8-7-20(25(32)31-9-11-34-12-10-31)14-23(22)30-26-28-15-21(16-29-26)19-4-2-3-18(13-19)17-5-6-17/h2-4,7-8,13-17,27H,5-6,9-12H2,1H3,(H,28,29,30). The molecule has 1 aliphatic carbocycles. The van der Waals surface area contributed by atoms with Crippen molar-refractivity contribution in [1.82, 2.24) is 14.9 Å². The van der Waals surface area contributed by atoms with Crippen LogP contribution in [0.1, 0.15) is 40.2 Å². The van der Waals surface area contributed by atoms with Crippen LogP contribution in [0.3, 0.4) is 0 Å². The van der Waals surface area contributed by atoms with Gasteiger partial charge in [-0.2, -0.15) is 0 Å². The summed E-state index contributed by atoms with van der Waals surface area (Å²) in [6, 6.07) is 13.5. The predicted molar refractivity (Wildman–Crippen MR) is 137 cm³/mol. The lowest BCUT2D eigenvalue weighted by atomic mass is 10.0. The van der Waals surface area contributed by atoms with Crippen LogP contribution in [-0.4, -0.2) is 62.6 Å². The van der Waals surface area contributed by atoms with Crippen LogP contribution in [0, 0.1) is 5.41 Å². The van der Waals surface area contributed by atoms with Gasteiger partial charge in [-0.05, 0) is 48.1 Å². The Morgan fingerprint density at radius 2 is 1.83 bits per heavy atom. The van der Waals surface area contributed by atoms with Crippen molar-refractivity contribution in [2.24, 2.45) is 0 Å². The minimum absolute atomic E-state index is 0.0358. The van der Waals surface area contributed by atoms with Gasteiger partial charge in [0.25, 0.3) is 5.91 Å². The van der Waals surface area contributed by atoms with E-state index in [0.29, 0.717) is 55.0 Å². The van der Waals surface area contributed by atoms with Gasteiger partial charge in [0.2, 0.25) is 5.95 Å². The van der Waals surface area contributed by atoms with Crippen LogP contribution in [0.25, 0.3) is 11.1 Å². The number of ether oxygens (including phenoxy) is 1. The molecule has 1 atom stereocenters. The van der Waals surface area contributed by atoms with Crippen molar-refractivity contribution in [1.29, 1.82) is 5.41 Å². The number of morpholine rings is 1. The largest absolute Gasteiger partial charge is 0.378 e. The van der Waals surface area contributed by atoms with Crippen LogP contribution >= 0.6 is 0 Å². The first-order valence-electron chi connectivity index (χ1n) is 11.6. The second-order valence-corrected chi connectivity index (χ2v) is 10.1. The number of aromatic nitrogens is 2. The summed E-state index contributed by atoms with van der Waals surface area (Å²) in [6.45, 7) is 2.09. The van der Waals surface area contributed by atoms with E-state index in [2.05, 4.69) is 33.5 Å². The summed E-state index contributed by atoms with van der Waals surface area (Å²) in [5, 5.41) is 11.4. The van der Waals surface area contributed by atoms with Crippen LogP contribution in [0.15, 0.2) is 54.9 Å². The molecule has 5 rings (SSSR count). The Kier molecular flexibility index (Phi) is 6.70. The van der Waals surface area contributed by atoms with Gasteiger partial charge < -0.3 is 15.0 Å². The lowest BCUT2D eigenvalue weighted by Gasteiger charge is -2.27. The number of hydrogen-bond donors (Lipinski definition) is 2. The fourth-order valence-corrected chi connectivity index (χ4v) is 4.62. The van der Waals surface area contributed by atoms with Crippen LogP contribution < -0.4 is 5.32 Å². The molecule has 8 nitrogen and oxygen atoms in total. The Hall–Kier alpha value is -3.43. The molecule has 180 valence electrons. The third-order valence-electron chi connectivity index (χ3n) is 6.26. The summed E-state index contributed by atoms with van der Waals surface area (Å²) in [7, 11) is -1.49. The van der Waals surface area contributed by atoms with Crippen molar-refractivity contribution in [2.45, 2.75) is 18.8 Å². The van der Waals surface area contributed by atoms with Gasteiger partial charge in [0.15, 0.2) is 0 Å². The molecule has 1 saturated heterocycles. The zero-order valence-corrected chi connectivity index (χ0v) is 20.3. The molecule has 1 saturated carbocycles. The van der Waals surface area contributed by atoms with E-state index < -0.39 is 10.8 Å². The minimum atomic E-state index is -1.49. The average Bonchev–Trinajstić information content (AvgIpc) is 3.75. The molecule has 0 spiro atoms. The normalized spacial score (nSPS) is 16.5. The number of carbonyl (C=O) groups is 1. The Labute approximate surface area is 206 Å². The topological polar surface area (TPSA) is 108 Å². The molecular weight excluding hydrogens is 462 g/mol. The lowest BCUT2D eigenvalue weighted by Crippen LogP contribution is -2.40. The second-order valence-electron chi connectivity index (χ2n) is 8.77. The van der Waals surface area contributed by atoms with E-state index >= 15 is 0 Å². The van der Waals surface area contributed by atoms with Crippen molar-refractivity contribution in [3.05, 3.63) is 71.5 Å². The van der Waals surface area contributed by atoms with Gasteiger partial charge in [0, 0.05) is 48.4 Å². The maximum absolute atomic E-state index is 13.0. The van der Waals surface area contributed by atoms with Crippen molar-refractivity contribution in [3.8, 4) is 11.1 Å². The fourth-order valence-electron chi connectivity index (χ4n) is 4.13. The quantitative estimate of drug-likeness (QED) is 0.401. The van der Waals surface area contributed by atoms with E-state index in [1.54, 1.807) is 35.5 Å². The third kappa shape index (κ3) is 5.31. The number of rotatable bonds is 6. The molecule has 2 N–H and O–H groups in total. The summed E-state index contributed by atoms with van der Waals surface area (Å²) in [5.41, 5.74) is 4.71. The first kappa shape index (κ1) is 23.3. The molecule has 1 amide bonds. The second kappa shape index (κ2) is 10.1. The SMILES string of the molecule is CS(=O)C(=N)c1ccc(C(=O)N2CCOCC2)cc1Nc1ncc(-c2cccc(C3CC3)c2)cn1. The zero-order chi connectivity index (χ0) is 24.4. The molecule has 9 heteroatoms. The van der Waals surface area contributed by atoms with Gasteiger partial charge in [-0.25, -0.2) is 9.97 Å². The van der Waals surface area contributed by atoms with Crippen LogP contribution in [0.5, 0.6) is 0 Å². The van der Waals surface area contributed by atoms with Gasteiger partial charge in [-0.15, -0.1) is 0 Å². The van der Waals surface area contributed by atoms with E-state index in [1.807, 2.05) is 6.07 Å². The van der Waals surface area contributed by atoms with E-state index in [1.165, 1.54) is 24.7 Å². The van der Waals surface area contributed by atoms with E-state index in [-0.39, 0.29) is 11.0 Å². The predicted octanol–water partition coefficient (Wildman–Crippen LogP) is 3.94. The van der Waals surface area contributed by atoms with Gasteiger partial charge >= 0.3 is 0 Å². The monoisotopic (exact) mass is 489 g/mol. The molecule has 2 aromatic carbocycles. The highest BCUT2D eigenvalue weighted by atomic mass is 32.2. The first-order valence-corrected chi connectivity index (χ1v) is 13.2. The fraction of sp³-hybridized carbons (Fsp3) is 0.308. The van der Waals surface area contributed by atoms with Crippen LogP contribution in [-0.2, 0) is 15.5 Å². The Balaban J connectivity index is 1.41. The minimum Gasteiger partial charge on any atom is -0.378 e. The Bertz CT molecular complexity index is 1280. The van der Waals surface area contributed by atoms with Crippen molar-refractivity contribution in [3.63, 3.8) is 0 Å². The highest BCUT2D eigenvalue weighted by molar-refractivity contribution is 8.00. The van der Waals surface area contributed by atoms with Gasteiger partial charge in [-0.1, -0.05) is 24.3 Å². The molecule has 0 bridgehead atoms. The van der Waals surface area contributed by atoms with Crippen molar-refractivity contribution in [2.75, 3.05) is 37.9 Å². The van der Waals surface area contributed by atoms with Gasteiger partial charge in [-0.3, -0.25) is 14.4 Å². The van der Waals surface area contributed by atoms with Crippen molar-refractivity contribution >= 4 is 33.4 Å². The molecule has 1 aliphatic heterocycles. The smallest absolute Gasteiger partial charge is 0.254 e. The summed E-state index contributed by atoms with van der Waals surface area (Å²) in [4.78, 5) is 23.7. The number of nitrogens with zero attached hydrogens (tertiary/aromatic N) is 3. The Morgan fingerprint density at radius 1 is 1.09 bits per heavy atom. The van der Waals surface area contributed by atoms with E-state index in [9.17, 15) is 9.00 Å². The number of benzene rings is 2. The maximum Gasteiger partial charge on any atom is 0.254 e. The molecule has 2 heterocycles. The van der Waals surface area contributed by atoms with Gasteiger partial charge in [0.05, 0.1) is 29.7 Å². The highest BCUT2D eigenvalue weighted by Gasteiger charge is 2.24. The van der Waals surface area contributed by atoms with Crippen molar-refractivity contribution < 1.29 is 13.7 Å². The van der Waals surface area contributed by atoms with Crippen LogP contribution in [0.2, 0.25) is 0 Å². The third-order valence-corrected chi connectivity index (χ3v) is 7.06. The Morgan fingerprint density at radius 3 is 2.51 bits per heavy atom. The molecule has 1 aromatic heterocycles. The molecule has 0 radical (unpaired) electrons. The molecule has 35 heavy (non-hydrogen) atoms. The maximum atomic E-state index is 13.0. The van der Waals surface area contributed by atoms with Gasteiger partial charge in [0.1, 0.15) is 5.04 Å².